The topological polar surface area (TPSA) is 109 Å². The van der Waals surface area contributed by atoms with Crippen molar-refractivity contribution in [3.8, 4) is 0 Å². The molecule has 1 heterocycles. The number of hydrogen-bond donors (Lipinski definition) is 1. The van der Waals surface area contributed by atoms with E-state index in [1.807, 2.05) is 13.0 Å². The number of carbonyl (C=O) groups excluding carboxylic acids is 1. The van der Waals surface area contributed by atoms with Crippen LogP contribution in [0.25, 0.3) is 10.9 Å². The number of aromatic amines is 1. The van der Waals surface area contributed by atoms with E-state index in [4.69, 9.17) is 0 Å². The minimum absolute atomic E-state index is 0.00142. The van der Waals surface area contributed by atoms with Crippen molar-refractivity contribution < 1.29 is 9.72 Å². The normalized spacial score (nSPS) is 11.9. The molecule has 3 rings (SSSR count). The molecule has 2 aromatic carbocycles. The lowest BCUT2D eigenvalue weighted by Crippen LogP contribution is -2.29. The first kappa shape index (κ1) is 20.2. The van der Waals surface area contributed by atoms with Crippen molar-refractivity contribution in [1.29, 1.82) is 0 Å². The number of nitro groups is 1. The highest BCUT2D eigenvalue weighted by Gasteiger charge is 2.19. The molecular formula is C21H22N4O4. The lowest BCUT2D eigenvalue weighted by molar-refractivity contribution is -0.384. The molecular weight excluding hydrogens is 372 g/mol. The molecule has 8 heteroatoms. The van der Waals surface area contributed by atoms with Crippen LogP contribution in [-0.2, 0) is 11.2 Å². The minimum Gasteiger partial charge on any atom is -0.339 e. The fourth-order valence-electron chi connectivity index (χ4n) is 3.17. The molecule has 0 radical (unpaired) electrons. The number of para-hydroxylation sites is 1. The monoisotopic (exact) mass is 394 g/mol. The van der Waals surface area contributed by atoms with Crippen LogP contribution < -0.4 is 5.56 Å². The molecule has 0 aliphatic rings. The van der Waals surface area contributed by atoms with Crippen LogP contribution in [0.1, 0.15) is 37.2 Å². The lowest BCUT2D eigenvalue weighted by atomic mass is 10.1. The van der Waals surface area contributed by atoms with E-state index in [1.54, 1.807) is 42.3 Å². The number of rotatable bonds is 7. The molecule has 1 aromatic heterocycles. The summed E-state index contributed by atoms with van der Waals surface area (Å²) in [5, 5.41) is 11.5. The Morgan fingerprint density at radius 3 is 2.76 bits per heavy atom. The SMILES string of the molecule is CC(c1cccc([N+](=O)[O-])c1)N(C)C(=O)CCCc1nc2ccccc2c(=O)[nH]1. The summed E-state index contributed by atoms with van der Waals surface area (Å²) in [7, 11) is 1.68. The molecule has 0 bridgehead atoms. The van der Waals surface area contributed by atoms with E-state index >= 15 is 0 Å². The largest absolute Gasteiger partial charge is 0.339 e. The molecule has 0 aliphatic heterocycles. The maximum atomic E-state index is 12.5. The van der Waals surface area contributed by atoms with Gasteiger partial charge >= 0.3 is 0 Å². The second-order valence-corrected chi connectivity index (χ2v) is 6.92. The van der Waals surface area contributed by atoms with Crippen LogP contribution in [0.15, 0.2) is 53.3 Å². The summed E-state index contributed by atoms with van der Waals surface area (Å²) in [4.78, 5) is 43.9. The number of non-ortho nitro benzene ring substituents is 1. The van der Waals surface area contributed by atoms with Gasteiger partial charge in [-0.15, -0.1) is 0 Å². The summed E-state index contributed by atoms with van der Waals surface area (Å²) in [6, 6.07) is 13.1. The average molecular weight is 394 g/mol. The lowest BCUT2D eigenvalue weighted by Gasteiger charge is -2.25. The molecule has 8 nitrogen and oxygen atoms in total. The van der Waals surface area contributed by atoms with Gasteiger partial charge in [-0.3, -0.25) is 19.7 Å². The Morgan fingerprint density at radius 2 is 2.00 bits per heavy atom. The Hall–Kier alpha value is -3.55. The van der Waals surface area contributed by atoms with Crippen LogP contribution in [0, 0.1) is 10.1 Å². The molecule has 1 unspecified atom stereocenters. The van der Waals surface area contributed by atoms with E-state index in [1.165, 1.54) is 12.1 Å². The van der Waals surface area contributed by atoms with Gasteiger partial charge in [0.1, 0.15) is 5.82 Å². The van der Waals surface area contributed by atoms with Crippen molar-refractivity contribution in [3.05, 3.63) is 80.4 Å². The van der Waals surface area contributed by atoms with Crippen molar-refractivity contribution >= 4 is 22.5 Å². The van der Waals surface area contributed by atoms with E-state index in [0.29, 0.717) is 35.1 Å². The maximum absolute atomic E-state index is 12.5. The van der Waals surface area contributed by atoms with Crippen LogP contribution in [-0.4, -0.2) is 32.7 Å². The number of H-pyrrole nitrogens is 1. The van der Waals surface area contributed by atoms with Gasteiger partial charge in [-0.2, -0.15) is 0 Å². The standard InChI is InChI=1S/C21H22N4O4/c1-14(15-7-5-8-16(13-15)25(28)29)24(2)20(26)12-6-11-19-22-18-10-4-3-9-17(18)21(27)23-19/h3-5,7-10,13-14H,6,11-12H2,1-2H3,(H,22,23,27). The summed E-state index contributed by atoms with van der Waals surface area (Å²) < 4.78 is 0. The van der Waals surface area contributed by atoms with Crippen LogP contribution in [0.5, 0.6) is 0 Å². The molecule has 1 N–H and O–H groups in total. The van der Waals surface area contributed by atoms with Crippen LogP contribution in [0.4, 0.5) is 5.69 Å². The number of nitrogens with zero attached hydrogens (tertiary/aromatic N) is 3. The summed E-state index contributed by atoms with van der Waals surface area (Å²) in [6.45, 7) is 1.83. The first-order valence-corrected chi connectivity index (χ1v) is 9.35. The van der Waals surface area contributed by atoms with Crippen LogP contribution in [0.3, 0.4) is 0 Å². The third kappa shape index (κ3) is 4.66. The predicted octanol–water partition coefficient (Wildman–Crippen LogP) is 3.37. The van der Waals surface area contributed by atoms with Crippen molar-refractivity contribution in [1.82, 2.24) is 14.9 Å². The summed E-state index contributed by atoms with van der Waals surface area (Å²) in [6.07, 6.45) is 1.29. The third-order valence-corrected chi connectivity index (χ3v) is 5.00. The van der Waals surface area contributed by atoms with Gasteiger partial charge in [-0.1, -0.05) is 24.3 Å². The molecule has 0 fully saturated rings. The fraction of sp³-hybridized carbons (Fsp3) is 0.286. The Morgan fingerprint density at radius 1 is 1.24 bits per heavy atom. The highest BCUT2D eigenvalue weighted by molar-refractivity contribution is 5.77. The smallest absolute Gasteiger partial charge is 0.269 e. The number of hydrogen-bond acceptors (Lipinski definition) is 5. The molecule has 1 amide bonds. The zero-order valence-electron chi connectivity index (χ0n) is 16.3. The van der Waals surface area contributed by atoms with Gasteiger partial charge in [-0.05, 0) is 31.0 Å². The Labute approximate surface area is 167 Å². The van der Waals surface area contributed by atoms with E-state index in [-0.39, 0.29) is 29.6 Å². The number of nitrogens with one attached hydrogen (secondary N) is 1. The summed E-state index contributed by atoms with van der Waals surface area (Å²) in [5.74, 6) is 0.475. The van der Waals surface area contributed by atoms with Crippen molar-refractivity contribution in [2.24, 2.45) is 0 Å². The zero-order chi connectivity index (χ0) is 21.0. The van der Waals surface area contributed by atoms with Gasteiger partial charge in [0.15, 0.2) is 0 Å². The minimum atomic E-state index is -0.449. The molecule has 0 saturated heterocycles. The molecule has 3 aromatic rings. The maximum Gasteiger partial charge on any atom is 0.269 e. The van der Waals surface area contributed by atoms with Crippen molar-refractivity contribution in [2.45, 2.75) is 32.2 Å². The molecule has 0 spiro atoms. The number of aryl methyl sites for hydroxylation is 1. The fourth-order valence-corrected chi connectivity index (χ4v) is 3.17. The number of carbonyl (C=O) groups is 1. The molecule has 1 atom stereocenters. The van der Waals surface area contributed by atoms with Gasteiger partial charge in [0.2, 0.25) is 5.91 Å². The first-order valence-electron chi connectivity index (χ1n) is 9.35. The van der Waals surface area contributed by atoms with Crippen LogP contribution in [0.2, 0.25) is 0 Å². The number of benzene rings is 2. The van der Waals surface area contributed by atoms with E-state index in [0.717, 1.165) is 0 Å². The van der Waals surface area contributed by atoms with E-state index in [9.17, 15) is 19.7 Å². The van der Waals surface area contributed by atoms with Crippen molar-refractivity contribution in [2.75, 3.05) is 7.05 Å². The van der Waals surface area contributed by atoms with Crippen molar-refractivity contribution in [3.63, 3.8) is 0 Å². The summed E-state index contributed by atoms with van der Waals surface area (Å²) in [5.41, 5.74) is 1.15. The molecule has 0 saturated carbocycles. The number of amides is 1. The van der Waals surface area contributed by atoms with Gasteiger partial charge in [0.25, 0.3) is 11.2 Å². The highest BCUT2D eigenvalue weighted by atomic mass is 16.6. The third-order valence-electron chi connectivity index (χ3n) is 5.00. The predicted molar refractivity (Wildman–Crippen MR) is 110 cm³/mol. The second-order valence-electron chi connectivity index (χ2n) is 6.92. The number of nitro benzene ring substituents is 1. The second kappa shape index (κ2) is 8.64. The average Bonchev–Trinajstić information content (AvgIpc) is 2.72. The van der Waals surface area contributed by atoms with Gasteiger partial charge in [-0.25, -0.2) is 4.98 Å². The van der Waals surface area contributed by atoms with Gasteiger partial charge in [0, 0.05) is 32.0 Å². The van der Waals surface area contributed by atoms with Crippen LogP contribution >= 0.6 is 0 Å². The van der Waals surface area contributed by atoms with Gasteiger partial charge in [0.05, 0.1) is 21.9 Å². The Balaban J connectivity index is 1.61. The summed E-state index contributed by atoms with van der Waals surface area (Å²) >= 11 is 0. The highest BCUT2D eigenvalue weighted by Crippen LogP contribution is 2.23. The van der Waals surface area contributed by atoms with E-state index in [2.05, 4.69) is 9.97 Å². The number of fused-ring (bicyclic) bond motifs is 1. The molecule has 29 heavy (non-hydrogen) atoms. The molecule has 0 aliphatic carbocycles. The first-order chi connectivity index (χ1) is 13.9. The number of aromatic nitrogens is 2. The Kier molecular flexibility index (Phi) is 6.01. The van der Waals surface area contributed by atoms with Gasteiger partial charge < -0.3 is 9.88 Å². The van der Waals surface area contributed by atoms with E-state index < -0.39 is 4.92 Å². The zero-order valence-corrected chi connectivity index (χ0v) is 16.3. The molecule has 150 valence electrons. The Bertz CT molecular complexity index is 1110. The quantitative estimate of drug-likeness (QED) is 0.488.